The first-order chi connectivity index (χ1) is 52.7. The van der Waals surface area contributed by atoms with Crippen molar-refractivity contribution in [3.05, 3.63) is 276 Å². The summed E-state index contributed by atoms with van der Waals surface area (Å²) in [4.78, 5) is 51.8. The van der Waals surface area contributed by atoms with E-state index in [2.05, 4.69) is 208 Å². The molecule has 0 radical (unpaired) electrons. The zero-order valence-electron chi connectivity index (χ0n) is 66.3. The zero-order chi connectivity index (χ0) is 78.1. The molecule has 0 saturated carbocycles. The second kappa shape index (κ2) is 36.5. The van der Waals surface area contributed by atoms with Gasteiger partial charge in [0.2, 0.25) is 11.6 Å². The van der Waals surface area contributed by atoms with Crippen LogP contribution in [0.2, 0.25) is 0 Å². The summed E-state index contributed by atoms with van der Waals surface area (Å²) < 4.78 is 2.48. The molecule has 0 fully saturated rings. The number of allylic oxidation sites excluding steroid dienone is 11. The molecule has 0 N–H and O–H groups in total. The van der Waals surface area contributed by atoms with Gasteiger partial charge in [-0.15, -0.1) is 0 Å². The van der Waals surface area contributed by atoms with E-state index in [1.807, 2.05) is 78.9 Å². The van der Waals surface area contributed by atoms with Crippen molar-refractivity contribution < 1.29 is 14.2 Å². The van der Waals surface area contributed by atoms with E-state index in [9.17, 15) is 15.8 Å². The summed E-state index contributed by atoms with van der Waals surface area (Å²) in [7, 11) is 0. The fraction of sp³-hybridized carbons (Fsp3) is 0.400. The number of unbranched alkanes of at least 4 members (excludes halogenated alkanes) is 6. The van der Waals surface area contributed by atoms with Gasteiger partial charge in [0.25, 0.3) is 5.91 Å². The molecule has 4 aliphatic heterocycles. The molecule has 14 heteroatoms. The fourth-order valence-corrected chi connectivity index (χ4v) is 16.5. The summed E-state index contributed by atoms with van der Waals surface area (Å²) in [5, 5.41) is 31.9. The van der Waals surface area contributed by atoms with Crippen LogP contribution in [0.3, 0.4) is 0 Å². The van der Waals surface area contributed by atoms with Crippen LogP contribution in [-0.2, 0) is 22.7 Å². The molecule has 2 amide bonds. The van der Waals surface area contributed by atoms with E-state index in [1.165, 1.54) is 9.80 Å². The van der Waals surface area contributed by atoms with Gasteiger partial charge in [-0.1, -0.05) is 185 Å². The molecular weight excluding hydrogens is 1340 g/mol. The van der Waals surface area contributed by atoms with Crippen molar-refractivity contribution in [2.45, 2.75) is 209 Å². The number of carbonyl (C=O) groups excluding carboxylic acids is 2. The van der Waals surface area contributed by atoms with Gasteiger partial charge >= 0.3 is 5.82 Å². The van der Waals surface area contributed by atoms with Gasteiger partial charge in [-0.2, -0.15) is 25.5 Å². The van der Waals surface area contributed by atoms with Crippen LogP contribution in [0, 0.1) is 53.7 Å². The first-order valence-corrected chi connectivity index (χ1v) is 39.6. The number of amides is 2. The van der Waals surface area contributed by atoms with Gasteiger partial charge in [-0.05, 0) is 193 Å². The van der Waals surface area contributed by atoms with E-state index >= 15 is 9.59 Å². The summed E-state index contributed by atoms with van der Waals surface area (Å²) in [5.74, 6) is -0.834. The van der Waals surface area contributed by atoms with Gasteiger partial charge in [0, 0.05) is 85.9 Å². The van der Waals surface area contributed by atoms with Crippen molar-refractivity contribution in [1.29, 1.82) is 15.8 Å². The summed E-state index contributed by atoms with van der Waals surface area (Å²) in [6.07, 6.45) is 29.9. The normalized spacial score (nSPS) is 17.1. The van der Waals surface area contributed by atoms with Crippen LogP contribution in [0.25, 0.3) is 36.8 Å². The van der Waals surface area contributed by atoms with Crippen molar-refractivity contribution in [3.63, 3.8) is 0 Å². The third-order valence-electron chi connectivity index (χ3n) is 22.3. The van der Waals surface area contributed by atoms with Gasteiger partial charge < -0.3 is 24.5 Å². The van der Waals surface area contributed by atoms with E-state index in [-0.39, 0.29) is 81.2 Å². The Morgan fingerprint density at radius 3 is 1.50 bits per heavy atom. The second-order valence-corrected chi connectivity index (χ2v) is 30.9. The zero-order valence-corrected chi connectivity index (χ0v) is 66.3. The van der Waals surface area contributed by atoms with E-state index in [0.717, 1.165) is 208 Å². The number of nitriles is 3. The highest BCUT2D eigenvalue weighted by Crippen LogP contribution is 2.49. The van der Waals surface area contributed by atoms with E-state index < -0.39 is 11.8 Å². The van der Waals surface area contributed by atoms with Gasteiger partial charge in [0.15, 0.2) is 11.3 Å². The number of benzene rings is 5. The lowest BCUT2D eigenvalue weighted by atomic mass is 9.79. The highest BCUT2D eigenvalue weighted by molar-refractivity contribution is 6.26. The highest BCUT2D eigenvalue weighted by Gasteiger charge is 2.44. The Bertz CT molecular complexity index is 4790. The summed E-state index contributed by atoms with van der Waals surface area (Å²) in [5.41, 5.74) is 15.1. The molecule has 1 aliphatic carbocycles. The molecule has 10 rings (SSSR count). The molecule has 5 aromatic rings. The molecule has 2 unspecified atom stereocenters. The average Bonchev–Trinajstić information content (AvgIpc) is 1.67. The number of anilines is 3. The van der Waals surface area contributed by atoms with Crippen LogP contribution in [-0.4, -0.2) is 82.2 Å². The maximum atomic E-state index is 15.2. The first-order valence-electron chi connectivity index (χ1n) is 39.6. The smallest absolute Gasteiger partial charge is 0.372 e. The van der Waals surface area contributed by atoms with Gasteiger partial charge in [-0.25, -0.2) is 9.42 Å². The Morgan fingerprint density at radius 2 is 1.04 bits per heavy atom. The van der Waals surface area contributed by atoms with Crippen LogP contribution in [0.1, 0.15) is 235 Å². The molecule has 0 aromatic heterocycles. The molecule has 0 bridgehead atoms. The predicted molar refractivity (Wildman–Crippen MR) is 445 cm³/mol. The molecule has 5 aromatic carbocycles. The van der Waals surface area contributed by atoms with Crippen LogP contribution in [0.15, 0.2) is 191 Å². The lowest BCUT2D eigenvalue weighted by Crippen LogP contribution is -2.48. The van der Waals surface area contributed by atoms with Gasteiger partial charge in [0.1, 0.15) is 50.1 Å². The lowest BCUT2D eigenvalue weighted by Gasteiger charge is -2.48. The largest absolute Gasteiger partial charge is 0.532 e. The molecule has 2 atom stereocenters. The van der Waals surface area contributed by atoms with E-state index in [0.29, 0.717) is 11.1 Å². The van der Waals surface area contributed by atoms with Crippen LogP contribution >= 0.6 is 0 Å². The van der Waals surface area contributed by atoms with E-state index in [4.69, 9.17) is 19.7 Å². The number of rotatable bonds is 30. The fourth-order valence-electron chi connectivity index (χ4n) is 16.5. The second-order valence-electron chi connectivity index (χ2n) is 30.9. The third-order valence-corrected chi connectivity index (χ3v) is 22.3. The molecule has 0 saturated heterocycles. The monoisotopic (exact) mass is 1450 g/mol. The summed E-state index contributed by atoms with van der Waals surface area (Å²) >= 11 is 0. The quantitative estimate of drug-likeness (QED) is 0.0192. The number of nitrogens with zero attached hydrogens (tertiary/aromatic N) is 12. The molecule has 14 nitrogen and oxygen atoms in total. The minimum atomic E-state index is -0.444. The van der Waals surface area contributed by atoms with Crippen molar-refractivity contribution in [3.8, 4) is 18.2 Å². The average molecular weight is 1450 g/mol. The van der Waals surface area contributed by atoms with Crippen molar-refractivity contribution in [2.75, 3.05) is 54.0 Å². The van der Waals surface area contributed by atoms with Gasteiger partial charge in [0.05, 0.1) is 35.5 Å². The van der Waals surface area contributed by atoms with Crippen molar-refractivity contribution in [1.82, 2.24) is 9.80 Å². The number of carbonyl (C=O) groups is 2. The minimum absolute atomic E-state index is 0.00107. The molecule has 5 aliphatic rings. The Balaban J connectivity index is 1.03. The van der Waals surface area contributed by atoms with Crippen molar-refractivity contribution >= 4 is 56.9 Å². The highest BCUT2D eigenvalue weighted by atomic mass is 16.2. The standard InChI is InChI=1S/C95H107N12O2/c1-16-22-51-102(52-23-17-2)77-45-39-72(40-46-77)79(70-35-31-68(32-36-70)64-104-89(76(61-96)62-97)83(63-98)86(92(104)108)74-43-49-84-81(57-74)66(7)59-94(9,10)106(84)55-26-20-5)29-28-30-80(73-41-47-78(48-42-73)103(53-24-18-3)54-25-19-4)71-37-33-69(34-38-71)65-105-90(91(100-14)101-15)88(99-13)87(93(105)109)75-44-50-85-82(58-75)67(8)60-95(11,12)107(85)56-27-21-6/h28-50,57-58,66-67H,16-27,51-56,59-60,64-65H2,1-12H3/q+1. The SMILES string of the molecule is [C-]#[N+]C([N+]#[C-])=C1C([N+]#[C-])=C(c2ccc3c(c2)C(C)CC(C)(C)N3CCCC)C(=O)N1Cc1ccc(C(=CC=CC(=C2C=CC(=[N+](CCCC)CCCC)C=C2)c2ccc(CN3C(=O)C(c4ccc5c(c4)C(C)CC(C)(C)N5CCCC)=C(C#N)C3=C(C#N)C#N)cc2)c2ccc(N(CCCC)CCCC)cc2)cc1. The molecule has 4 heterocycles. The van der Waals surface area contributed by atoms with Crippen LogP contribution < -0.4 is 14.7 Å². The maximum absolute atomic E-state index is 15.2. The number of hydrogen-bond acceptors (Lipinski definition) is 8. The Morgan fingerprint density at radius 1 is 0.578 bits per heavy atom. The Hall–Kier alpha value is -11.3. The molecule has 0 spiro atoms. The first kappa shape index (κ1) is 80.3. The topological polar surface area (TPSA) is 138 Å². The predicted octanol–water partition coefficient (Wildman–Crippen LogP) is 21.8. The number of hydrogen-bond donors (Lipinski definition) is 0. The van der Waals surface area contributed by atoms with Gasteiger partial charge in [-0.3, -0.25) is 9.59 Å². The van der Waals surface area contributed by atoms with Crippen molar-refractivity contribution in [2.24, 2.45) is 0 Å². The minimum Gasteiger partial charge on any atom is -0.372 e. The van der Waals surface area contributed by atoms with E-state index in [1.54, 1.807) is 0 Å². The van der Waals surface area contributed by atoms with Crippen LogP contribution in [0.4, 0.5) is 17.1 Å². The Kier molecular flexibility index (Phi) is 26.9. The third kappa shape index (κ3) is 17.5. The number of fused-ring (bicyclic) bond motifs is 2. The summed E-state index contributed by atoms with van der Waals surface area (Å²) in [6.45, 7) is 57.4. The summed E-state index contributed by atoms with van der Waals surface area (Å²) in [6, 6.07) is 43.3. The molecule has 558 valence electrons. The lowest BCUT2D eigenvalue weighted by molar-refractivity contribution is -0.527. The Labute approximate surface area is 649 Å². The molecule has 109 heavy (non-hydrogen) atoms. The van der Waals surface area contributed by atoms with Crippen LogP contribution in [0.5, 0.6) is 0 Å². The maximum Gasteiger partial charge on any atom is 0.532 e. The molecular formula is C95H107N12O2+.